The highest BCUT2D eigenvalue weighted by molar-refractivity contribution is 5.99. The Kier molecular flexibility index (Phi) is 4.75. The van der Waals surface area contributed by atoms with Gasteiger partial charge in [-0.2, -0.15) is 27.8 Å². The van der Waals surface area contributed by atoms with Crippen molar-refractivity contribution in [2.75, 3.05) is 20.2 Å². The first kappa shape index (κ1) is 20.3. The number of halogens is 3. The summed E-state index contributed by atoms with van der Waals surface area (Å²) in [6, 6.07) is 8.24. The predicted molar refractivity (Wildman–Crippen MR) is 109 cm³/mol. The number of methoxy groups -OCH3 is 1. The van der Waals surface area contributed by atoms with Gasteiger partial charge in [0.2, 0.25) is 0 Å². The molecular formula is C21H19F3N6O2. The molecule has 11 heteroatoms. The van der Waals surface area contributed by atoms with E-state index in [-0.39, 0.29) is 29.8 Å². The smallest absolute Gasteiger partial charge is 0.433 e. The average molecular weight is 444 g/mol. The zero-order chi connectivity index (χ0) is 22.5. The van der Waals surface area contributed by atoms with Crippen LogP contribution in [0.2, 0.25) is 0 Å². The molecule has 3 aromatic heterocycles. The second-order valence-corrected chi connectivity index (χ2v) is 7.73. The molecule has 0 saturated carbocycles. The maximum Gasteiger partial charge on any atom is 0.433 e. The van der Waals surface area contributed by atoms with Crippen LogP contribution in [0.15, 0.2) is 36.7 Å². The number of amides is 1. The quantitative estimate of drug-likeness (QED) is 0.521. The summed E-state index contributed by atoms with van der Waals surface area (Å²) >= 11 is 0. The molecule has 4 aromatic rings. The van der Waals surface area contributed by atoms with Crippen molar-refractivity contribution < 1.29 is 22.7 Å². The minimum absolute atomic E-state index is 0.110. The number of ether oxygens (including phenoxy) is 1. The molecule has 1 aliphatic rings. The Labute approximate surface area is 180 Å². The number of nitrogens with zero attached hydrogens (tertiary/aromatic N) is 5. The van der Waals surface area contributed by atoms with Gasteiger partial charge in [-0.15, -0.1) is 0 Å². The van der Waals surface area contributed by atoms with Crippen LogP contribution in [0.3, 0.4) is 0 Å². The van der Waals surface area contributed by atoms with Crippen LogP contribution >= 0.6 is 0 Å². The Hall–Kier alpha value is -3.63. The number of hydrogen-bond donors (Lipinski definition) is 1. The summed E-state index contributed by atoms with van der Waals surface area (Å²) in [6.07, 6.45) is -2.28. The first-order valence-electron chi connectivity index (χ1n) is 10.1. The van der Waals surface area contributed by atoms with Crippen molar-refractivity contribution >= 4 is 22.6 Å². The number of hydrogen-bond acceptors (Lipinski definition) is 5. The van der Waals surface area contributed by atoms with E-state index in [4.69, 9.17) is 4.74 Å². The fourth-order valence-electron chi connectivity index (χ4n) is 4.24. The Morgan fingerprint density at radius 3 is 2.91 bits per heavy atom. The molecule has 1 fully saturated rings. The van der Waals surface area contributed by atoms with E-state index in [9.17, 15) is 18.0 Å². The number of aromatic amines is 1. The third-order valence-corrected chi connectivity index (χ3v) is 5.76. The van der Waals surface area contributed by atoms with E-state index >= 15 is 0 Å². The minimum atomic E-state index is -4.60. The molecule has 166 valence electrons. The average Bonchev–Trinajstić information content (AvgIpc) is 3.44. The third-order valence-electron chi connectivity index (χ3n) is 5.76. The van der Waals surface area contributed by atoms with Crippen molar-refractivity contribution in [2.45, 2.75) is 24.9 Å². The molecule has 1 amide bonds. The summed E-state index contributed by atoms with van der Waals surface area (Å²) in [5.74, 6) is -0.0113. The molecule has 4 heterocycles. The van der Waals surface area contributed by atoms with Crippen LogP contribution in [0.4, 0.5) is 13.2 Å². The van der Waals surface area contributed by atoms with E-state index in [0.717, 1.165) is 23.3 Å². The number of H-pyrrole nitrogens is 1. The normalized spacial score (nSPS) is 17.2. The van der Waals surface area contributed by atoms with Crippen molar-refractivity contribution in [2.24, 2.45) is 0 Å². The van der Waals surface area contributed by atoms with Crippen LogP contribution in [-0.2, 0) is 6.18 Å². The van der Waals surface area contributed by atoms with Crippen LogP contribution in [-0.4, -0.2) is 55.6 Å². The fourth-order valence-corrected chi connectivity index (χ4v) is 4.24. The molecule has 1 aromatic carbocycles. The Balaban J connectivity index is 1.44. The monoisotopic (exact) mass is 444 g/mol. The first-order chi connectivity index (χ1) is 15.3. The minimum Gasteiger partial charge on any atom is -0.496 e. The molecule has 0 spiro atoms. The van der Waals surface area contributed by atoms with E-state index in [1.54, 1.807) is 18.1 Å². The number of piperidine rings is 1. The van der Waals surface area contributed by atoms with Crippen LogP contribution in [0.5, 0.6) is 5.75 Å². The summed E-state index contributed by atoms with van der Waals surface area (Å²) in [6.45, 7) is 0.779. The summed E-state index contributed by atoms with van der Waals surface area (Å²) in [7, 11) is 1.56. The number of fused-ring (bicyclic) bond motifs is 2. The van der Waals surface area contributed by atoms with Gasteiger partial charge in [0.05, 0.1) is 12.8 Å². The van der Waals surface area contributed by atoms with Gasteiger partial charge in [-0.1, -0.05) is 6.07 Å². The van der Waals surface area contributed by atoms with Crippen LogP contribution in [0.1, 0.15) is 40.6 Å². The van der Waals surface area contributed by atoms with Crippen molar-refractivity contribution in [1.29, 1.82) is 0 Å². The zero-order valence-electron chi connectivity index (χ0n) is 17.1. The Morgan fingerprint density at radius 2 is 2.12 bits per heavy atom. The number of carbonyl (C=O) groups excluding carboxylic acids is 1. The maximum absolute atomic E-state index is 13.5. The summed E-state index contributed by atoms with van der Waals surface area (Å²) < 4.78 is 46.6. The molecule has 0 aliphatic carbocycles. The molecule has 0 bridgehead atoms. The van der Waals surface area contributed by atoms with Crippen molar-refractivity contribution in [3.05, 3.63) is 53.7 Å². The van der Waals surface area contributed by atoms with Gasteiger partial charge in [-0.05, 0) is 37.1 Å². The molecule has 8 nitrogen and oxygen atoms in total. The number of benzene rings is 1. The first-order valence-corrected chi connectivity index (χ1v) is 10.1. The Morgan fingerprint density at radius 1 is 1.28 bits per heavy atom. The molecule has 0 radical (unpaired) electrons. The lowest BCUT2D eigenvalue weighted by Gasteiger charge is -2.32. The van der Waals surface area contributed by atoms with Crippen molar-refractivity contribution in [1.82, 2.24) is 29.5 Å². The van der Waals surface area contributed by atoms with E-state index in [2.05, 4.69) is 20.1 Å². The highest BCUT2D eigenvalue weighted by Gasteiger charge is 2.37. The van der Waals surface area contributed by atoms with E-state index in [1.165, 1.54) is 0 Å². The lowest BCUT2D eigenvalue weighted by molar-refractivity contribution is -0.142. The van der Waals surface area contributed by atoms with Gasteiger partial charge < -0.3 is 14.6 Å². The number of nitrogens with one attached hydrogen (secondary N) is 1. The topological polar surface area (TPSA) is 88.4 Å². The molecule has 0 unspecified atom stereocenters. The highest BCUT2D eigenvalue weighted by atomic mass is 19.4. The number of rotatable bonds is 3. The zero-order valence-corrected chi connectivity index (χ0v) is 17.1. The van der Waals surface area contributed by atoms with E-state index in [0.29, 0.717) is 35.3 Å². The van der Waals surface area contributed by atoms with Crippen LogP contribution in [0, 0.1) is 0 Å². The summed E-state index contributed by atoms with van der Waals surface area (Å²) in [5, 5.41) is 4.43. The molecular weight excluding hydrogens is 425 g/mol. The second-order valence-electron chi connectivity index (χ2n) is 7.73. The van der Waals surface area contributed by atoms with Gasteiger partial charge in [0.15, 0.2) is 5.69 Å². The van der Waals surface area contributed by atoms with Gasteiger partial charge in [0.25, 0.3) is 11.7 Å². The van der Waals surface area contributed by atoms with Gasteiger partial charge in [0.1, 0.15) is 17.8 Å². The molecule has 1 aliphatic heterocycles. The highest BCUT2D eigenvalue weighted by Crippen LogP contribution is 2.34. The molecule has 32 heavy (non-hydrogen) atoms. The van der Waals surface area contributed by atoms with Crippen LogP contribution < -0.4 is 4.74 Å². The molecule has 5 rings (SSSR count). The third kappa shape index (κ3) is 3.43. The number of alkyl halides is 3. The number of aromatic nitrogens is 5. The van der Waals surface area contributed by atoms with E-state index < -0.39 is 11.9 Å². The molecule has 1 atom stereocenters. The predicted octanol–water partition coefficient (Wildman–Crippen LogP) is 3.65. The van der Waals surface area contributed by atoms with Gasteiger partial charge in [0, 0.05) is 29.9 Å². The van der Waals surface area contributed by atoms with Gasteiger partial charge in [-0.3, -0.25) is 4.79 Å². The lowest BCUT2D eigenvalue weighted by atomic mass is 9.94. The number of carbonyl (C=O) groups is 1. The van der Waals surface area contributed by atoms with Crippen molar-refractivity contribution in [3.63, 3.8) is 0 Å². The molecule has 1 saturated heterocycles. The van der Waals surface area contributed by atoms with Crippen LogP contribution in [0.25, 0.3) is 16.7 Å². The van der Waals surface area contributed by atoms with Gasteiger partial charge >= 0.3 is 6.18 Å². The molecule has 1 N–H and O–H groups in total. The fraction of sp³-hybridized carbons (Fsp3) is 0.333. The summed E-state index contributed by atoms with van der Waals surface area (Å²) in [5.41, 5.74) is 0.506. The maximum atomic E-state index is 13.5. The number of likely N-dealkylation sites (tertiary alicyclic amines) is 1. The lowest BCUT2D eigenvalue weighted by Crippen LogP contribution is -2.39. The standard InChI is InChI=1S/C21H19F3N6O2/c1-32-17-6-2-5-14-13(17)8-16(27-14)19(31)29-7-3-4-12(10-29)15-9-18(21(22,23)24)30-20(28-15)25-11-26-30/h2,5-6,8-9,11-12,27H,3-4,7,10H2,1H3/t12-/m1/s1. The van der Waals surface area contributed by atoms with Crippen molar-refractivity contribution in [3.8, 4) is 5.75 Å². The second kappa shape index (κ2) is 7.50. The van der Waals surface area contributed by atoms with Gasteiger partial charge in [-0.25, -0.2) is 4.98 Å². The Bertz CT molecular complexity index is 1310. The summed E-state index contributed by atoms with van der Waals surface area (Å²) in [4.78, 5) is 26.0. The largest absolute Gasteiger partial charge is 0.496 e. The SMILES string of the molecule is COc1cccc2[nH]c(C(=O)N3CCC[C@@H](c4cc(C(F)(F)F)n5ncnc5n4)C3)cc12. The van der Waals surface area contributed by atoms with E-state index in [1.807, 2.05) is 18.2 Å².